The van der Waals surface area contributed by atoms with Gasteiger partial charge in [0.25, 0.3) is 0 Å². The summed E-state index contributed by atoms with van der Waals surface area (Å²) in [7, 11) is 0. The number of hydrogen-bond donors (Lipinski definition) is 1. The minimum Gasteiger partial charge on any atom is -0.388 e. The Hall–Kier alpha value is -1.03. The van der Waals surface area contributed by atoms with Crippen LogP contribution in [-0.4, -0.2) is 5.11 Å². The molecule has 1 unspecified atom stereocenters. The Morgan fingerprint density at radius 1 is 1.12 bits per heavy atom. The van der Waals surface area contributed by atoms with Gasteiger partial charge in [0.05, 0.1) is 11.7 Å². The number of aliphatic hydroxyl groups excluding tert-OH is 1. The first kappa shape index (κ1) is 11.5. The molecular formula is C12H13F3O. The Morgan fingerprint density at radius 2 is 1.69 bits per heavy atom. The molecule has 1 saturated carbocycles. The van der Waals surface area contributed by atoms with Crippen LogP contribution in [0.25, 0.3) is 0 Å². The monoisotopic (exact) mass is 230 g/mol. The summed E-state index contributed by atoms with van der Waals surface area (Å²) in [6, 6.07) is 4.78. The maximum absolute atomic E-state index is 12.3. The minimum absolute atomic E-state index is 0.219. The van der Waals surface area contributed by atoms with Gasteiger partial charge in [-0.15, -0.1) is 0 Å². The Morgan fingerprint density at radius 3 is 2.06 bits per heavy atom. The maximum Gasteiger partial charge on any atom is 0.416 e. The number of halogens is 3. The van der Waals surface area contributed by atoms with Gasteiger partial charge in [0.15, 0.2) is 0 Å². The Kier molecular flexibility index (Phi) is 2.93. The molecule has 1 aromatic carbocycles. The van der Waals surface area contributed by atoms with E-state index in [-0.39, 0.29) is 5.92 Å². The van der Waals surface area contributed by atoms with Gasteiger partial charge in [-0.25, -0.2) is 0 Å². The highest BCUT2D eigenvalue weighted by Gasteiger charge is 2.31. The van der Waals surface area contributed by atoms with Crippen molar-refractivity contribution in [2.75, 3.05) is 0 Å². The molecule has 0 amide bonds. The van der Waals surface area contributed by atoms with Crippen LogP contribution in [-0.2, 0) is 6.18 Å². The number of aliphatic hydroxyl groups is 1. The van der Waals surface area contributed by atoms with E-state index >= 15 is 0 Å². The Labute approximate surface area is 91.9 Å². The van der Waals surface area contributed by atoms with Gasteiger partial charge < -0.3 is 5.11 Å². The van der Waals surface area contributed by atoms with Crippen LogP contribution in [0.1, 0.15) is 36.5 Å². The van der Waals surface area contributed by atoms with E-state index in [1.54, 1.807) is 0 Å². The normalized spacial score (nSPS) is 19.2. The predicted octanol–water partition coefficient (Wildman–Crippen LogP) is 3.54. The van der Waals surface area contributed by atoms with Crippen LogP contribution in [0.5, 0.6) is 0 Å². The molecule has 0 bridgehead atoms. The number of rotatable bonds is 2. The average Bonchev–Trinajstić information content (AvgIpc) is 2.14. The van der Waals surface area contributed by atoms with Crippen molar-refractivity contribution in [3.63, 3.8) is 0 Å². The van der Waals surface area contributed by atoms with Gasteiger partial charge in [0, 0.05) is 0 Å². The van der Waals surface area contributed by atoms with Crippen molar-refractivity contribution < 1.29 is 18.3 Å². The van der Waals surface area contributed by atoms with Crippen LogP contribution in [0, 0.1) is 5.92 Å². The lowest BCUT2D eigenvalue weighted by molar-refractivity contribution is -0.137. The van der Waals surface area contributed by atoms with Gasteiger partial charge in [-0.1, -0.05) is 18.6 Å². The fourth-order valence-corrected chi connectivity index (χ4v) is 1.90. The molecule has 16 heavy (non-hydrogen) atoms. The molecule has 1 aromatic rings. The van der Waals surface area contributed by atoms with Crippen molar-refractivity contribution in [1.29, 1.82) is 0 Å². The molecule has 1 aliphatic rings. The fourth-order valence-electron chi connectivity index (χ4n) is 1.90. The third-order valence-corrected chi connectivity index (χ3v) is 3.18. The summed E-state index contributed by atoms with van der Waals surface area (Å²) >= 11 is 0. The van der Waals surface area contributed by atoms with Crippen molar-refractivity contribution in [3.05, 3.63) is 35.4 Å². The van der Waals surface area contributed by atoms with Crippen molar-refractivity contribution in [2.24, 2.45) is 5.92 Å². The minimum atomic E-state index is -4.31. The third kappa shape index (κ3) is 2.21. The zero-order valence-corrected chi connectivity index (χ0v) is 8.67. The first-order chi connectivity index (χ1) is 7.48. The largest absolute Gasteiger partial charge is 0.416 e. The van der Waals surface area contributed by atoms with E-state index in [4.69, 9.17) is 0 Å². The number of alkyl halides is 3. The molecule has 1 N–H and O–H groups in total. The highest BCUT2D eigenvalue weighted by atomic mass is 19.4. The van der Waals surface area contributed by atoms with Crippen LogP contribution in [0.2, 0.25) is 0 Å². The summed E-state index contributed by atoms with van der Waals surface area (Å²) < 4.78 is 36.9. The van der Waals surface area contributed by atoms with Crippen LogP contribution < -0.4 is 0 Å². The molecule has 1 nitrogen and oxygen atoms in total. The van der Waals surface area contributed by atoms with E-state index in [1.165, 1.54) is 12.1 Å². The molecule has 0 spiro atoms. The van der Waals surface area contributed by atoms with Gasteiger partial charge in [0.2, 0.25) is 0 Å². The number of hydrogen-bond acceptors (Lipinski definition) is 1. The second-order valence-electron chi connectivity index (χ2n) is 4.26. The lowest BCUT2D eigenvalue weighted by atomic mass is 9.79. The topological polar surface area (TPSA) is 20.2 Å². The SMILES string of the molecule is OC(c1ccc(C(F)(F)F)cc1)C1CCC1. The molecule has 4 heteroatoms. The second-order valence-corrected chi connectivity index (χ2v) is 4.26. The molecule has 0 aromatic heterocycles. The van der Waals surface area contributed by atoms with Gasteiger partial charge in [-0.3, -0.25) is 0 Å². The van der Waals surface area contributed by atoms with Crippen LogP contribution in [0.15, 0.2) is 24.3 Å². The van der Waals surface area contributed by atoms with E-state index in [1.807, 2.05) is 0 Å². The molecule has 1 aliphatic carbocycles. The molecule has 0 heterocycles. The zero-order valence-electron chi connectivity index (χ0n) is 8.67. The predicted molar refractivity (Wildman–Crippen MR) is 53.7 cm³/mol. The first-order valence-corrected chi connectivity index (χ1v) is 5.34. The van der Waals surface area contributed by atoms with Crippen molar-refractivity contribution in [1.82, 2.24) is 0 Å². The molecule has 2 rings (SSSR count). The molecule has 1 atom stereocenters. The lowest BCUT2D eigenvalue weighted by Crippen LogP contribution is -2.20. The Bertz CT molecular complexity index is 352. The standard InChI is InChI=1S/C12H13F3O/c13-12(14,15)10-6-4-9(5-7-10)11(16)8-2-1-3-8/h4-8,11,16H,1-3H2. The smallest absolute Gasteiger partial charge is 0.388 e. The summed E-state index contributed by atoms with van der Waals surface area (Å²) in [5.74, 6) is 0.219. The average molecular weight is 230 g/mol. The molecule has 0 saturated heterocycles. The maximum atomic E-state index is 12.3. The highest BCUT2D eigenvalue weighted by molar-refractivity contribution is 5.26. The molecule has 88 valence electrons. The quantitative estimate of drug-likeness (QED) is 0.823. The van der Waals surface area contributed by atoms with Gasteiger partial charge >= 0.3 is 6.18 Å². The molecule has 0 radical (unpaired) electrons. The summed E-state index contributed by atoms with van der Waals surface area (Å²) in [6.45, 7) is 0. The van der Waals surface area contributed by atoms with Crippen LogP contribution in [0.3, 0.4) is 0 Å². The molecule has 0 aliphatic heterocycles. The van der Waals surface area contributed by atoms with Gasteiger partial charge in [0.1, 0.15) is 0 Å². The first-order valence-electron chi connectivity index (χ1n) is 5.34. The van der Waals surface area contributed by atoms with Gasteiger partial charge in [-0.2, -0.15) is 13.2 Å². The lowest BCUT2D eigenvalue weighted by Gasteiger charge is -2.30. The van der Waals surface area contributed by atoms with Crippen LogP contribution >= 0.6 is 0 Å². The summed E-state index contributed by atoms with van der Waals surface area (Å²) in [5.41, 5.74) is -0.0882. The van der Waals surface area contributed by atoms with Gasteiger partial charge in [-0.05, 0) is 36.5 Å². The summed E-state index contributed by atoms with van der Waals surface area (Å²) in [5, 5.41) is 9.85. The van der Waals surface area contributed by atoms with Crippen molar-refractivity contribution in [2.45, 2.75) is 31.5 Å². The highest BCUT2D eigenvalue weighted by Crippen LogP contribution is 2.38. The second kappa shape index (κ2) is 4.09. The van der Waals surface area contributed by atoms with Crippen molar-refractivity contribution >= 4 is 0 Å². The van der Waals surface area contributed by atoms with Crippen molar-refractivity contribution in [3.8, 4) is 0 Å². The summed E-state index contributed by atoms with van der Waals surface area (Å²) in [4.78, 5) is 0. The van der Waals surface area contributed by atoms with E-state index < -0.39 is 17.8 Å². The fraction of sp³-hybridized carbons (Fsp3) is 0.500. The third-order valence-electron chi connectivity index (χ3n) is 3.18. The molecule has 1 fully saturated rings. The Balaban J connectivity index is 2.12. The zero-order chi connectivity index (χ0) is 11.8. The summed E-state index contributed by atoms with van der Waals surface area (Å²) in [6.07, 6.45) is -1.90. The van der Waals surface area contributed by atoms with Crippen LogP contribution in [0.4, 0.5) is 13.2 Å². The van der Waals surface area contributed by atoms with E-state index in [9.17, 15) is 18.3 Å². The van der Waals surface area contributed by atoms with E-state index in [0.717, 1.165) is 31.4 Å². The number of benzene rings is 1. The molecular weight excluding hydrogens is 217 g/mol. The van der Waals surface area contributed by atoms with E-state index in [2.05, 4.69) is 0 Å². The van der Waals surface area contributed by atoms with E-state index in [0.29, 0.717) is 5.56 Å².